The van der Waals surface area contributed by atoms with Gasteiger partial charge in [-0.05, 0) is 17.7 Å². The number of ether oxygens (including phenoxy) is 1. The third-order valence-corrected chi connectivity index (χ3v) is 2.52. The topological polar surface area (TPSA) is 79.5 Å². The summed E-state index contributed by atoms with van der Waals surface area (Å²) >= 11 is 0. The first-order valence-corrected chi connectivity index (χ1v) is 6.44. The minimum atomic E-state index is -0.0939. The SMILES string of the molecule is COCCNC(=O)CNCc1ccc(NC(C)=O)cc1. The second kappa shape index (κ2) is 9.06. The van der Waals surface area contributed by atoms with Gasteiger partial charge in [-0.2, -0.15) is 0 Å². The van der Waals surface area contributed by atoms with E-state index in [9.17, 15) is 9.59 Å². The summed E-state index contributed by atoms with van der Waals surface area (Å²) in [4.78, 5) is 22.3. The monoisotopic (exact) mass is 279 g/mol. The minimum Gasteiger partial charge on any atom is -0.383 e. The molecule has 6 nitrogen and oxygen atoms in total. The lowest BCUT2D eigenvalue weighted by Gasteiger charge is -2.07. The number of rotatable bonds is 8. The molecule has 0 spiro atoms. The third kappa shape index (κ3) is 6.86. The molecule has 0 unspecified atom stereocenters. The summed E-state index contributed by atoms with van der Waals surface area (Å²) in [7, 11) is 1.59. The van der Waals surface area contributed by atoms with Crippen molar-refractivity contribution in [3.63, 3.8) is 0 Å². The van der Waals surface area contributed by atoms with Crippen molar-refractivity contribution >= 4 is 17.5 Å². The van der Waals surface area contributed by atoms with Crippen molar-refractivity contribution in [2.75, 3.05) is 32.1 Å². The van der Waals surface area contributed by atoms with Gasteiger partial charge in [0, 0.05) is 32.8 Å². The van der Waals surface area contributed by atoms with Crippen LogP contribution < -0.4 is 16.0 Å². The largest absolute Gasteiger partial charge is 0.383 e. The molecule has 0 fully saturated rings. The predicted molar refractivity (Wildman–Crippen MR) is 77.3 cm³/mol. The van der Waals surface area contributed by atoms with E-state index in [2.05, 4.69) is 16.0 Å². The quantitative estimate of drug-likeness (QED) is 0.605. The number of carbonyl (C=O) groups excluding carboxylic acids is 2. The van der Waals surface area contributed by atoms with Gasteiger partial charge in [-0.1, -0.05) is 12.1 Å². The van der Waals surface area contributed by atoms with Crippen LogP contribution in [0.15, 0.2) is 24.3 Å². The zero-order valence-corrected chi connectivity index (χ0v) is 11.9. The van der Waals surface area contributed by atoms with Crippen molar-refractivity contribution in [2.24, 2.45) is 0 Å². The van der Waals surface area contributed by atoms with Gasteiger partial charge in [0.2, 0.25) is 11.8 Å². The Morgan fingerprint density at radius 3 is 2.50 bits per heavy atom. The predicted octanol–water partition coefficient (Wildman–Crippen LogP) is 0.497. The maximum atomic E-state index is 11.4. The number of nitrogens with one attached hydrogen (secondary N) is 3. The average Bonchev–Trinajstić information content (AvgIpc) is 2.40. The van der Waals surface area contributed by atoms with Crippen LogP contribution in [0.2, 0.25) is 0 Å². The van der Waals surface area contributed by atoms with E-state index in [1.54, 1.807) is 7.11 Å². The summed E-state index contributed by atoms with van der Waals surface area (Å²) in [5, 5.41) is 8.47. The van der Waals surface area contributed by atoms with E-state index in [1.807, 2.05) is 24.3 Å². The van der Waals surface area contributed by atoms with Gasteiger partial charge in [0.05, 0.1) is 13.2 Å². The van der Waals surface area contributed by atoms with Crippen LogP contribution in [0.25, 0.3) is 0 Å². The van der Waals surface area contributed by atoms with Gasteiger partial charge in [0.15, 0.2) is 0 Å². The summed E-state index contributed by atoms with van der Waals surface area (Å²) in [5.74, 6) is -0.152. The molecule has 2 amide bonds. The summed E-state index contributed by atoms with van der Waals surface area (Å²) < 4.78 is 4.84. The van der Waals surface area contributed by atoms with Crippen molar-refractivity contribution in [2.45, 2.75) is 13.5 Å². The van der Waals surface area contributed by atoms with Gasteiger partial charge in [-0.3, -0.25) is 9.59 Å². The second-order valence-corrected chi connectivity index (χ2v) is 4.32. The maximum absolute atomic E-state index is 11.4. The molecule has 110 valence electrons. The van der Waals surface area contributed by atoms with Gasteiger partial charge in [-0.25, -0.2) is 0 Å². The Morgan fingerprint density at radius 2 is 1.90 bits per heavy atom. The molecule has 0 heterocycles. The molecule has 0 saturated carbocycles. The zero-order valence-electron chi connectivity index (χ0n) is 11.9. The molecule has 1 aromatic carbocycles. The molecule has 0 saturated heterocycles. The maximum Gasteiger partial charge on any atom is 0.234 e. The standard InChI is InChI=1S/C14H21N3O3/c1-11(18)17-13-5-3-12(4-6-13)9-15-10-14(19)16-7-8-20-2/h3-6,15H,7-10H2,1-2H3,(H,16,19)(H,17,18). The number of carbonyl (C=O) groups is 2. The van der Waals surface area contributed by atoms with E-state index in [0.717, 1.165) is 11.3 Å². The Hall–Kier alpha value is -1.92. The van der Waals surface area contributed by atoms with Gasteiger partial charge < -0.3 is 20.7 Å². The van der Waals surface area contributed by atoms with Crippen molar-refractivity contribution in [1.29, 1.82) is 0 Å². The van der Waals surface area contributed by atoms with Crippen LogP contribution in [0.1, 0.15) is 12.5 Å². The van der Waals surface area contributed by atoms with Crippen LogP contribution in [0, 0.1) is 0 Å². The van der Waals surface area contributed by atoms with E-state index in [0.29, 0.717) is 19.7 Å². The molecule has 3 N–H and O–H groups in total. The fourth-order valence-electron chi connectivity index (χ4n) is 1.58. The molecule has 0 radical (unpaired) electrons. The normalized spacial score (nSPS) is 10.1. The van der Waals surface area contributed by atoms with E-state index in [4.69, 9.17) is 4.74 Å². The van der Waals surface area contributed by atoms with Crippen LogP contribution in [0.5, 0.6) is 0 Å². The van der Waals surface area contributed by atoms with Gasteiger partial charge in [-0.15, -0.1) is 0 Å². The highest BCUT2D eigenvalue weighted by Crippen LogP contribution is 2.09. The Morgan fingerprint density at radius 1 is 1.20 bits per heavy atom. The summed E-state index contributed by atoms with van der Waals surface area (Å²) in [5.41, 5.74) is 1.81. The van der Waals surface area contributed by atoms with E-state index >= 15 is 0 Å². The van der Waals surface area contributed by atoms with Crippen LogP contribution in [-0.4, -0.2) is 38.6 Å². The molecule has 0 aromatic heterocycles. The first-order chi connectivity index (χ1) is 9.61. The smallest absolute Gasteiger partial charge is 0.234 e. The molecular weight excluding hydrogens is 258 g/mol. The number of methoxy groups -OCH3 is 1. The molecule has 0 bridgehead atoms. The van der Waals surface area contributed by atoms with Gasteiger partial charge in [0.1, 0.15) is 0 Å². The molecule has 1 rings (SSSR count). The molecule has 20 heavy (non-hydrogen) atoms. The van der Waals surface area contributed by atoms with E-state index in [-0.39, 0.29) is 18.4 Å². The number of benzene rings is 1. The van der Waals surface area contributed by atoms with Crippen LogP contribution in [0.3, 0.4) is 0 Å². The molecule has 0 aliphatic carbocycles. The van der Waals surface area contributed by atoms with Crippen molar-refractivity contribution in [1.82, 2.24) is 10.6 Å². The highest BCUT2D eigenvalue weighted by atomic mass is 16.5. The van der Waals surface area contributed by atoms with Gasteiger partial charge in [0.25, 0.3) is 0 Å². The van der Waals surface area contributed by atoms with Crippen molar-refractivity contribution in [3.05, 3.63) is 29.8 Å². The second-order valence-electron chi connectivity index (χ2n) is 4.32. The molecule has 6 heteroatoms. The fourth-order valence-corrected chi connectivity index (χ4v) is 1.58. The molecule has 0 aliphatic rings. The summed E-state index contributed by atoms with van der Waals surface area (Å²) in [6.45, 7) is 3.35. The number of hydrogen-bond acceptors (Lipinski definition) is 4. The Labute approximate surface area is 118 Å². The molecular formula is C14H21N3O3. The first-order valence-electron chi connectivity index (χ1n) is 6.44. The molecule has 1 aromatic rings. The summed E-state index contributed by atoms with van der Waals surface area (Å²) in [6.07, 6.45) is 0. The average molecular weight is 279 g/mol. The first kappa shape index (κ1) is 16.1. The van der Waals surface area contributed by atoms with E-state index in [1.165, 1.54) is 6.92 Å². The minimum absolute atomic E-state index is 0.0584. The lowest BCUT2D eigenvalue weighted by molar-refractivity contribution is -0.120. The Kier molecular flexibility index (Phi) is 7.31. The highest BCUT2D eigenvalue weighted by molar-refractivity contribution is 5.88. The Balaban J connectivity index is 2.24. The molecule has 0 aliphatic heterocycles. The fraction of sp³-hybridized carbons (Fsp3) is 0.429. The number of amides is 2. The molecule has 0 atom stereocenters. The van der Waals surface area contributed by atoms with Crippen LogP contribution in [0.4, 0.5) is 5.69 Å². The van der Waals surface area contributed by atoms with Crippen molar-refractivity contribution < 1.29 is 14.3 Å². The van der Waals surface area contributed by atoms with Gasteiger partial charge >= 0.3 is 0 Å². The zero-order chi connectivity index (χ0) is 14.8. The number of hydrogen-bond donors (Lipinski definition) is 3. The highest BCUT2D eigenvalue weighted by Gasteiger charge is 2.00. The number of anilines is 1. The van der Waals surface area contributed by atoms with Crippen LogP contribution in [-0.2, 0) is 20.9 Å². The third-order valence-electron chi connectivity index (χ3n) is 2.52. The summed E-state index contributed by atoms with van der Waals surface area (Å²) in [6, 6.07) is 7.47. The Bertz CT molecular complexity index is 432. The van der Waals surface area contributed by atoms with Crippen LogP contribution >= 0.6 is 0 Å². The van der Waals surface area contributed by atoms with Crippen molar-refractivity contribution in [3.8, 4) is 0 Å². The lowest BCUT2D eigenvalue weighted by atomic mass is 10.2. The van der Waals surface area contributed by atoms with E-state index < -0.39 is 0 Å². The lowest BCUT2D eigenvalue weighted by Crippen LogP contribution is -2.35.